The summed E-state index contributed by atoms with van der Waals surface area (Å²) >= 11 is 4.97. The van der Waals surface area contributed by atoms with Crippen molar-refractivity contribution in [2.75, 3.05) is 0 Å². The molecule has 1 spiro atoms. The summed E-state index contributed by atoms with van der Waals surface area (Å²) in [6.07, 6.45) is -1.37. The molecule has 2 aliphatic heterocycles. The Morgan fingerprint density at radius 3 is 0.941 bits per heavy atom. The van der Waals surface area contributed by atoms with Gasteiger partial charge < -0.3 is 0 Å². The predicted molar refractivity (Wildman–Crippen MR) is 98.7 cm³/mol. The van der Waals surface area contributed by atoms with E-state index in [0.29, 0.717) is 0 Å². The minimum absolute atomic E-state index is 0.613. The Balaban J connectivity index is 2.50. The van der Waals surface area contributed by atoms with Crippen molar-refractivity contribution in [3.8, 4) is 0 Å². The first-order valence-corrected chi connectivity index (χ1v) is 42.0. The molecule has 2 aliphatic rings. The molecular weight excluding hydrogens is 552 g/mol. The van der Waals surface area contributed by atoms with Gasteiger partial charge >= 0.3 is 134 Å². The molecule has 0 nitrogen and oxygen atoms in total. The van der Waals surface area contributed by atoms with Crippen LogP contribution in [0, 0.1) is 0 Å². The fraction of sp³-hybridized carbons (Fsp3) is 1.00. The van der Waals surface area contributed by atoms with Crippen LogP contribution in [0.2, 0.25) is 52.4 Å². The standard InChI is InChI=1S/C8H24Se4Si5/c1-13(2)9-15(5,6)17(11-13)12-14(3,4)10-16(17,7)8/h1-8H3. The van der Waals surface area contributed by atoms with E-state index in [0.717, 1.165) is 0 Å². The predicted octanol–water partition coefficient (Wildman–Crippen LogP) is 1.24. The molecular formula is C8H24Se4Si5. The van der Waals surface area contributed by atoms with Crippen LogP contribution in [-0.2, 0) is 0 Å². The SMILES string of the molecule is C[Si]1(C)[Se][Si](C)(C)[Si]2([Se]1)[Se][Si](C)(C)[Se][Si]2(C)C. The van der Waals surface area contributed by atoms with E-state index in [2.05, 4.69) is 52.4 Å². The van der Waals surface area contributed by atoms with Gasteiger partial charge in [-0.2, -0.15) is 0 Å². The molecule has 0 saturated carbocycles. The Labute approximate surface area is 132 Å². The van der Waals surface area contributed by atoms with Crippen molar-refractivity contribution in [3.63, 3.8) is 0 Å². The quantitative estimate of drug-likeness (QED) is 0.381. The maximum atomic E-state index is 2.89. The van der Waals surface area contributed by atoms with Crippen LogP contribution >= 0.6 is 0 Å². The molecule has 2 fully saturated rings. The van der Waals surface area contributed by atoms with Crippen LogP contribution in [0.4, 0.5) is 0 Å². The summed E-state index contributed by atoms with van der Waals surface area (Å²) in [6.45, 7) is 22.8. The van der Waals surface area contributed by atoms with Crippen LogP contribution < -0.4 is 0 Å². The molecule has 2 heterocycles. The van der Waals surface area contributed by atoms with Crippen LogP contribution in [0.15, 0.2) is 0 Å². The van der Waals surface area contributed by atoms with E-state index in [4.69, 9.17) is 0 Å². The molecule has 0 aromatic carbocycles. The first-order chi connectivity index (χ1) is 7.33. The summed E-state index contributed by atoms with van der Waals surface area (Å²) in [6, 6.07) is 0. The molecule has 2 saturated heterocycles. The normalized spacial score (nSPS) is 35.3. The van der Waals surface area contributed by atoms with Crippen molar-refractivity contribution in [1.82, 2.24) is 0 Å². The average Bonchev–Trinajstić information content (AvgIpc) is 2.22. The second-order valence-corrected chi connectivity index (χ2v) is 125. The third-order valence-corrected chi connectivity index (χ3v) is 267. The van der Waals surface area contributed by atoms with Crippen LogP contribution in [0.25, 0.3) is 0 Å². The van der Waals surface area contributed by atoms with Crippen molar-refractivity contribution >= 4 is 82.0 Å². The van der Waals surface area contributed by atoms with E-state index >= 15 is 0 Å². The third-order valence-electron chi connectivity index (χ3n) is 3.37. The van der Waals surface area contributed by atoms with E-state index in [1.165, 1.54) is 54.7 Å². The van der Waals surface area contributed by atoms with Gasteiger partial charge in [-0.25, -0.2) is 0 Å². The van der Waals surface area contributed by atoms with E-state index in [-0.39, 0.29) is 0 Å². The Morgan fingerprint density at radius 2 is 0.765 bits per heavy atom. The summed E-state index contributed by atoms with van der Waals surface area (Å²) in [7, 11) is 0. The molecule has 0 aromatic rings. The third kappa shape index (κ3) is 2.77. The molecule has 0 aliphatic carbocycles. The zero-order chi connectivity index (χ0) is 13.3. The van der Waals surface area contributed by atoms with Gasteiger partial charge in [-0.3, -0.25) is 0 Å². The van der Waals surface area contributed by atoms with E-state index in [1.54, 1.807) is 0 Å². The Hall–Kier alpha value is 3.16. The van der Waals surface area contributed by atoms with Crippen LogP contribution in [0.3, 0.4) is 0 Å². The van der Waals surface area contributed by atoms with E-state index in [1.807, 2.05) is 0 Å². The number of hydrogen-bond acceptors (Lipinski definition) is 0. The van der Waals surface area contributed by atoms with Gasteiger partial charge in [0.25, 0.3) is 0 Å². The summed E-state index contributed by atoms with van der Waals surface area (Å²) in [5.74, 6) is 0. The zero-order valence-electron chi connectivity index (χ0n) is 12.1. The van der Waals surface area contributed by atoms with Crippen LogP contribution in [0.5, 0.6) is 0 Å². The number of rotatable bonds is 0. The fourth-order valence-electron chi connectivity index (χ4n) is 3.33. The molecule has 0 atom stereocenters. The van der Waals surface area contributed by atoms with Crippen molar-refractivity contribution in [2.24, 2.45) is 0 Å². The molecule has 0 aromatic heterocycles. The second-order valence-electron chi connectivity index (χ2n) is 6.85. The van der Waals surface area contributed by atoms with Crippen molar-refractivity contribution in [3.05, 3.63) is 0 Å². The van der Waals surface area contributed by atoms with Crippen LogP contribution in [-0.4, -0.2) is 82.0 Å². The summed E-state index contributed by atoms with van der Waals surface area (Å²) in [5.41, 5.74) is 0. The van der Waals surface area contributed by atoms with Gasteiger partial charge in [0, 0.05) is 0 Å². The Bertz CT molecular complexity index is 320. The van der Waals surface area contributed by atoms with Gasteiger partial charge in [-0.05, 0) is 0 Å². The molecule has 9 heteroatoms. The first-order valence-electron chi connectivity index (χ1n) is 6.13. The minimum atomic E-state index is -0.686. The molecule has 17 heavy (non-hydrogen) atoms. The van der Waals surface area contributed by atoms with Gasteiger partial charge in [0.15, 0.2) is 0 Å². The van der Waals surface area contributed by atoms with Gasteiger partial charge in [0.1, 0.15) is 0 Å². The maximum absolute atomic E-state index is 2.89. The van der Waals surface area contributed by atoms with Gasteiger partial charge in [0.2, 0.25) is 0 Å². The Kier molecular flexibility index (Phi) is 4.45. The first kappa shape index (κ1) is 16.5. The molecule has 0 unspecified atom stereocenters. The monoisotopic (exact) mass is 580 g/mol. The van der Waals surface area contributed by atoms with Gasteiger partial charge in [0.05, 0.1) is 0 Å². The summed E-state index contributed by atoms with van der Waals surface area (Å²) in [5, 5.41) is -1.27. The van der Waals surface area contributed by atoms with Crippen molar-refractivity contribution in [1.29, 1.82) is 0 Å². The number of hydrogen-bond donors (Lipinski definition) is 0. The van der Waals surface area contributed by atoms with E-state index in [9.17, 15) is 0 Å². The molecule has 100 valence electrons. The average molecular weight is 577 g/mol. The Morgan fingerprint density at radius 1 is 0.471 bits per heavy atom. The van der Waals surface area contributed by atoms with Crippen molar-refractivity contribution < 1.29 is 0 Å². The zero-order valence-corrected chi connectivity index (χ0v) is 24.0. The van der Waals surface area contributed by atoms with Gasteiger partial charge in [-0.1, -0.05) is 0 Å². The molecule has 0 amide bonds. The van der Waals surface area contributed by atoms with E-state index < -0.39 is 27.3 Å². The topological polar surface area (TPSA) is 0 Å². The summed E-state index contributed by atoms with van der Waals surface area (Å²) < 4.78 is -0.613. The van der Waals surface area contributed by atoms with Gasteiger partial charge in [-0.15, -0.1) is 0 Å². The molecule has 0 radical (unpaired) electrons. The fourth-order valence-corrected chi connectivity index (χ4v) is 642. The molecule has 2 rings (SSSR count). The molecule has 0 N–H and O–H groups in total. The van der Waals surface area contributed by atoms with Crippen LogP contribution in [0.1, 0.15) is 0 Å². The summed E-state index contributed by atoms with van der Waals surface area (Å²) in [4.78, 5) is 0. The molecule has 0 bridgehead atoms. The second kappa shape index (κ2) is 4.58. The van der Waals surface area contributed by atoms with Crippen molar-refractivity contribution in [2.45, 2.75) is 52.4 Å².